The first-order valence-corrected chi connectivity index (χ1v) is 5.38. The maximum Gasteiger partial charge on any atom is 0.294 e. The standard InChI is InChI=1S/C11H8N6O2/c18-11(10-4-5-13-19-10)14-8-2-1-3-9(6-8)17-7-12-15-16-17/h1-7H,(H,14,18). The van der Waals surface area contributed by atoms with Crippen molar-refractivity contribution in [2.75, 3.05) is 5.32 Å². The zero-order valence-electron chi connectivity index (χ0n) is 9.59. The first-order chi connectivity index (χ1) is 9.33. The van der Waals surface area contributed by atoms with Crippen LogP contribution in [0.5, 0.6) is 0 Å². The fourth-order valence-electron chi connectivity index (χ4n) is 1.53. The number of hydrogen-bond donors (Lipinski definition) is 1. The number of carbonyl (C=O) groups is 1. The van der Waals surface area contributed by atoms with Crippen molar-refractivity contribution in [3.8, 4) is 5.69 Å². The van der Waals surface area contributed by atoms with Gasteiger partial charge in [0.2, 0.25) is 5.76 Å². The van der Waals surface area contributed by atoms with Gasteiger partial charge in [-0.25, -0.2) is 4.68 Å². The van der Waals surface area contributed by atoms with Crippen LogP contribution in [0, 0.1) is 0 Å². The molecule has 0 radical (unpaired) electrons. The van der Waals surface area contributed by atoms with Gasteiger partial charge in [0.05, 0.1) is 11.9 Å². The molecule has 0 aliphatic rings. The van der Waals surface area contributed by atoms with Crippen molar-refractivity contribution in [2.45, 2.75) is 0 Å². The van der Waals surface area contributed by atoms with Crippen LogP contribution in [0.4, 0.5) is 5.69 Å². The predicted molar refractivity (Wildman–Crippen MR) is 63.6 cm³/mol. The minimum atomic E-state index is -0.369. The van der Waals surface area contributed by atoms with Crippen molar-refractivity contribution in [3.05, 3.63) is 48.6 Å². The second kappa shape index (κ2) is 4.69. The van der Waals surface area contributed by atoms with E-state index >= 15 is 0 Å². The highest BCUT2D eigenvalue weighted by atomic mass is 16.5. The van der Waals surface area contributed by atoms with Crippen LogP contribution in [0.1, 0.15) is 10.6 Å². The topological polar surface area (TPSA) is 98.7 Å². The molecule has 94 valence electrons. The fourth-order valence-corrected chi connectivity index (χ4v) is 1.53. The number of benzene rings is 1. The molecule has 0 atom stereocenters. The second-order valence-corrected chi connectivity index (χ2v) is 3.64. The smallest absolute Gasteiger partial charge is 0.294 e. The first kappa shape index (κ1) is 11.1. The largest absolute Gasteiger partial charge is 0.351 e. The molecular weight excluding hydrogens is 248 g/mol. The van der Waals surface area contributed by atoms with Gasteiger partial charge in [0, 0.05) is 11.8 Å². The van der Waals surface area contributed by atoms with Crippen LogP contribution in [0.25, 0.3) is 5.69 Å². The van der Waals surface area contributed by atoms with Crippen LogP contribution in [0.15, 0.2) is 47.4 Å². The number of aromatic nitrogens is 5. The summed E-state index contributed by atoms with van der Waals surface area (Å²) in [6.45, 7) is 0. The molecule has 0 aliphatic carbocycles. The first-order valence-electron chi connectivity index (χ1n) is 5.38. The van der Waals surface area contributed by atoms with Crippen LogP contribution in [0.2, 0.25) is 0 Å². The van der Waals surface area contributed by atoms with Crippen molar-refractivity contribution >= 4 is 11.6 Å². The van der Waals surface area contributed by atoms with Gasteiger partial charge in [-0.15, -0.1) is 5.10 Å². The van der Waals surface area contributed by atoms with Gasteiger partial charge < -0.3 is 9.84 Å². The monoisotopic (exact) mass is 256 g/mol. The molecule has 1 N–H and O–H groups in total. The summed E-state index contributed by atoms with van der Waals surface area (Å²) in [5.74, 6) is -0.223. The molecule has 2 heterocycles. The second-order valence-electron chi connectivity index (χ2n) is 3.64. The van der Waals surface area contributed by atoms with Gasteiger partial charge >= 0.3 is 0 Å². The van der Waals surface area contributed by atoms with E-state index in [1.807, 2.05) is 6.07 Å². The molecule has 3 rings (SSSR count). The van der Waals surface area contributed by atoms with Gasteiger partial charge in [-0.1, -0.05) is 11.2 Å². The molecular formula is C11H8N6O2. The zero-order valence-corrected chi connectivity index (χ0v) is 9.59. The van der Waals surface area contributed by atoms with Crippen molar-refractivity contribution in [1.29, 1.82) is 0 Å². The summed E-state index contributed by atoms with van der Waals surface area (Å²) >= 11 is 0. The molecule has 0 unspecified atom stereocenters. The Kier molecular flexibility index (Phi) is 2.73. The van der Waals surface area contributed by atoms with Crippen molar-refractivity contribution < 1.29 is 9.32 Å². The van der Waals surface area contributed by atoms with E-state index in [9.17, 15) is 4.79 Å². The van der Waals surface area contributed by atoms with E-state index in [1.54, 1.807) is 18.2 Å². The lowest BCUT2D eigenvalue weighted by molar-refractivity contribution is 0.0988. The number of amides is 1. The summed E-state index contributed by atoms with van der Waals surface area (Å²) in [7, 11) is 0. The SMILES string of the molecule is O=C(Nc1cccc(-n2cnnn2)c1)c1ccno1. The highest BCUT2D eigenvalue weighted by molar-refractivity contribution is 6.02. The summed E-state index contributed by atoms with van der Waals surface area (Å²) in [5.41, 5.74) is 1.34. The Morgan fingerprint density at radius 1 is 1.32 bits per heavy atom. The minimum Gasteiger partial charge on any atom is -0.351 e. The van der Waals surface area contributed by atoms with Crippen LogP contribution in [0.3, 0.4) is 0 Å². The Balaban J connectivity index is 1.82. The molecule has 0 bridgehead atoms. The highest BCUT2D eigenvalue weighted by Crippen LogP contribution is 2.14. The van der Waals surface area contributed by atoms with Crippen molar-refractivity contribution in [2.24, 2.45) is 0 Å². The predicted octanol–water partition coefficient (Wildman–Crippen LogP) is 0.903. The lowest BCUT2D eigenvalue weighted by atomic mass is 10.2. The van der Waals surface area contributed by atoms with Gasteiger partial charge in [-0.2, -0.15) is 0 Å². The molecule has 0 saturated heterocycles. The molecule has 0 saturated carbocycles. The maximum atomic E-state index is 11.8. The molecule has 0 spiro atoms. The average Bonchev–Trinajstić information content (AvgIpc) is 3.13. The number of rotatable bonds is 3. The highest BCUT2D eigenvalue weighted by Gasteiger charge is 2.10. The van der Waals surface area contributed by atoms with E-state index in [2.05, 4.69) is 26.0 Å². The van der Waals surface area contributed by atoms with Gasteiger partial charge in [0.15, 0.2) is 0 Å². The maximum absolute atomic E-state index is 11.8. The van der Waals surface area contributed by atoms with Gasteiger partial charge in [0.1, 0.15) is 6.33 Å². The Bertz CT molecular complexity index is 677. The number of nitrogens with zero attached hydrogens (tertiary/aromatic N) is 5. The molecule has 1 aromatic carbocycles. The van der Waals surface area contributed by atoms with Gasteiger partial charge in [-0.05, 0) is 28.6 Å². The summed E-state index contributed by atoms with van der Waals surface area (Å²) in [6, 6.07) is 8.58. The van der Waals surface area contributed by atoms with Crippen LogP contribution >= 0.6 is 0 Å². The lowest BCUT2D eigenvalue weighted by Crippen LogP contribution is -2.11. The molecule has 8 nitrogen and oxygen atoms in total. The Morgan fingerprint density at radius 3 is 3.00 bits per heavy atom. The number of hydrogen-bond acceptors (Lipinski definition) is 6. The van der Waals surface area contributed by atoms with E-state index in [1.165, 1.54) is 23.3 Å². The van der Waals surface area contributed by atoms with E-state index in [4.69, 9.17) is 4.52 Å². The quantitative estimate of drug-likeness (QED) is 0.747. The van der Waals surface area contributed by atoms with E-state index in [-0.39, 0.29) is 11.7 Å². The third-order valence-corrected chi connectivity index (χ3v) is 2.38. The van der Waals surface area contributed by atoms with E-state index < -0.39 is 0 Å². The van der Waals surface area contributed by atoms with Crippen LogP contribution < -0.4 is 5.32 Å². The molecule has 19 heavy (non-hydrogen) atoms. The third kappa shape index (κ3) is 2.32. The number of tetrazole rings is 1. The minimum absolute atomic E-state index is 0.146. The van der Waals surface area contributed by atoms with E-state index in [0.29, 0.717) is 5.69 Å². The molecule has 0 fully saturated rings. The molecule has 2 aromatic heterocycles. The molecule has 1 amide bonds. The Labute approximate surface area is 107 Å². The summed E-state index contributed by atoms with van der Waals surface area (Å²) in [5, 5.41) is 17.0. The number of nitrogens with one attached hydrogen (secondary N) is 1. The van der Waals surface area contributed by atoms with Crippen molar-refractivity contribution in [1.82, 2.24) is 25.4 Å². The lowest BCUT2D eigenvalue weighted by Gasteiger charge is -2.05. The fraction of sp³-hybridized carbons (Fsp3) is 0. The van der Waals surface area contributed by atoms with Crippen LogP contribution in [-0.2, 0) is 0 Å². The van der Waals surface area contributed by atoms with Crippen LogP contribution in [-0.4, -0.2) is 31.3 Å². The summed E-state index contributed by atoms with van der Waals surface area (Å²) in [6.07, 6.45) is 2.88. The summed E-state index contributed by atoms with van der Waals surface area (Å²) < 4.78 is 6.26. The zero-order chi connectivity index (χ0) is 13.1. The number of carbonyl (C=O) groups excluding carboxylic acids is 1. The Hall–Kier alpha value is -3.03. The third-order valence-electron chi connectivity index (χ3n) is 2.38. The van der Waals surface area contributed by atoms with Gasteiger partial charge in [0.25, 0.3) is 5.91 Å². The Morgan fingerprint density at radius 2 is 2.26 bits per heavy atom. The summed E-state index contributed by atoms with van der Waals surface area (Å²) in [4.78, 5) is 11.8. The molecule has 3 aromatic rings. The van der Waals surface area contributed by atoms with E-state index in [0.717, 1.165) is 5.69 Å². The number of anilines is 1. The average molecular weight is 256 g/mol. The normalized spacial score (nSPS) is 10.3. The molecule has 8 heteroatoms. The molecule has 0 aliphatic heterocycles. The van der Waals surface area contributed by atoms with Crippen molar-refractivity contribution in [3.63, 3.8) is 0 Å². The van der Waals surface area contributed by atoms with Gasteiger partial charge in [-0.3, -0.25) is 4.79 Å².